The Labute approximate surface area is 203 Å². The lowest BCUT2D eigenvalue weighted by atomic mass is 9.96. The number of likely N-dealkylation sites (tertiary alicyclic amines) is 1. The average molecular weight is 483 g/mol. The van der Waals surface area contributed by atoms with Crippen molar-refractivity contribution < 1.29 is 9.90 Å². The van der Waals surface area contributed by atoms with E-state index in [4.69, 9.17) is 11.6 Å². The smallest absolute Gasteiger partial charge is 0.337 e. The van der Waals surface area contributed by atoms with Gasteiger partial charge in [-0.15, -0.1) is 0 Å². The largest absolute Gasteiger partial charge is 0.388 e. The molecule has 2 N–H and O–H groups in total. The van der Waals surface area contributed by atoms with Crippen molar-refractivity contribution in [3.63, 3.8) is 0 Å². The molecule has 2 aromatic carbocycles. The second-order valence-electron chi connectivity index (χ2n) is 9.53. The Hall–Kier alpha value is -2.61. The monoisotopic (exact) mass is 482 g/mol. The summed E-state index contributed by atoms with van der Waals surface area (Å²) in [6.07, 6.45) is 4.13. The predicted molar refractivity (Wildman–Crippen MR) is 133 cm³/mol. The Morgan fingerprint density at radius 3 is 2.38 bits per heavy atom. The van der Waals surface area contributed by atoms with Crippen LogP contribution < -0.4 is 11.0 Å². The topological polar surface area (TPSA) is 79.5 Å². The number of imidazole rings is 1. The van der Waals surface area contributed by atoms with Gasteiger partial charge in [0, 0.05) is 24.2 Å². The highest BCUT2D eigenvalue weighted by Crippen LogP contribution is 2.36. The molecule has 1 aliphatic carbocycles. The Morgan fingerprint density at radius 2 is 1.71 bits per heavy atom. The molecule has 8 heteroatoms. The summed E-state index contributed by atoms with van der Waals surface area (Å²) >= 11 is 5.92. The minimum Gasteiger partial charge on any atom is -0.388 e. The van der Waals surface area contributed by atoms with Crippen LogP contribution >= 0.6 is 11.6 Å². The molecule has 1 atom stereocenters. The van der Waals surface area contributed by atoms with Crippen molar-refractivity contribution in [1.82, 2.24) is 19.4 Å². The van der Waals surface area contributed by atoms with E-state index in [9.17, 15) is 14.7 Å². The van der Waals surface area contributed by atoms with Crippen LogP contribution in [0.3, 0.4) is 0 Å². The van der Waals surface area contributed by atoms with E-state index in [0.717, 1.165) is 56.4 Å². The summed E-state index contributed by atoms with van der Waals surface area (Å²) in [6.45, 7) is 3.28. The van der Waals surface area contributed by atoms with Gasteiger partial charge in [0.05, 0.1) is 17.1 Å². The highest BCUT2D eigenvalue weighted by Gasteiger charge is 2.30. The molecule has 0 bridgehead atoms. The molecule has 7 nitrogen and oxygen atoms in total. The minimum atomic E-state index is -0.495. The van der Waals surface area contributed by atoms with Gasteiger partial charge in [0.15, 0.2) is 0 Å². The Bertz CT molecular complexity index is 1210. The molecule has 1 saturated carbocycles. The number of piperidine rings is 1. The predicted octanol–water partition coefficient (Wildman–Crippen LogP) is 4.18. The third-order valence-corrected chi connectivity index (χ3v) is 7.37. The van der Waals surface area contributed by atoms with E-state index in [2.05, 4.69) is 10.2 Å². The molecule has 1 saturated heterocycles. The van der Waals surface area contributed by atoms with Gasteiger partial charge in [-0.05, 0) is 80.9 Å². The summed E-state index contributed by atoms with van der Waals surface area (Å²) in [5.74, 6) is 0.383. The number of nitrogens with zero attached hydrogens (tertiary/aromatic N) is 3. The number of rotatable bonds is 7. The fourth-order valence-corrected chi connectivity index (χ4v) is 5.06. The molecule has 1 aromatic heterocycles. The number of fused-ring (bicyclic) bond motifs is 1. The van der Waals surface area contributed by atoms with Gasteiger partial charge in [0.2, 0.25) is 0 Å². The number of hydrogen-bond acceptors (Lipinski definition) is 4. The molecule has 2 fully saturated rings. The molecule has 2 aliphatic rings. The third kappa shape index (κ3) is 4.92. The molecule has 0 radical (unpaired) electrons. The van der Waals surface area contributed by atoms with Gasteiger partial charge in [0.1, 0.15) is 0 Å². The van der Waals surface area contributed by atoms with E-state index < -0.39 is 6.10 Å². The highest BCUT2D eigenvalue weighted by molar-refractivity contribution is 6.30. The molecule has 34 heavy (non-hydrogen) atoms. The number of carbonyl (C=O) groups is 1. The molecule has 5 rings (SSSR count). The van der Waals surface area contributed by atoms with E-state index in [0.29, 0.717) is 29.4 Å². The molecule has 3 aromatic rings. The van der Waals surface area contributed by atoms with Crippen molar-refractivity contribution in [3.05, 3.63) is 69.6 Å². The Kier molecular flexibility index (Phi) is 6.77. The number of hydrogen-bond donors (Lipinski definition) is 2. The summed E-state index contributed by atoms with van der Waals surface area (Å²) in [5, 5.41) is 14.1. The van der Waals surface area contributed by atoms with Crippen molar-refractivity contribution in [3.8, 4) is 0 Å². The zero-order valence-corrected chi connectivity index (χ0v) is 20.0. The summed E-state index contributed by atoms with van der Waals surface area (Å²) in [4.78, 5) is 28.3. The fourth-order valence-electron chi connectivity index (χ4n) is 4.93. The molecule has 2 heterocycles. The van der Waals surface area contributed by atoms with Crippen LogP contribution in [0.15, 0.2) is 53.3 Å². The van der Waals surface area contributed by atoms with Gasteiger partial charge < -0.3 is 15.3 Å². The molecule has 1 unspecified atom stereocenters. The average Bonchev–Trinajstić information content (AvgIpc) is 3.64. The number of benzene rings is 2. The van der Waals surface area contributed by atoms with E-state index >= 15 is 0 Å². The number of para-hydroxylation sites is 2. The lowest BCUT2D eigenvalue weighted by Crippen LogP contribution is -2.42. The maximum atomic E-state index is 13.0. The molecule has 180 valence electrons. The third-order valence-electron chi connectivity index (χ3n) is 7.12. The van der Waals surface area contributed by atoms with Crippen LogP contribution in [0.25, 0.3) is 11.0 Å². The summed E-state index contributed by atoms with van der Waals surface area (Å²) in [6, 6.07) is 14.8. The van der Waals surface area contributed by atoms with Crippen molar-refractivity contribution in [1.29, 1.82) is 0 Å². The molecule has 1 aliphatic heterocycles. The second-order valence-corrected chi connectivity index (χ2v) is 9.97. The van der Waals surface area contributed by atoms with Gasteiger partial charge in [-0.3, -0.25) is 4.57 Å². The first-order valence-corrected chi connectivity index (χ1v) is 12.5. The van der Waals surface area contributed by atoms with Crippen molar-refractivity contribution in [2.45, 2.75) is 44.2 Å². The van der Waals surface area contributed by atoms with E-state index in [1.165, 1.54) is 4.57 Å². The quantitative estimate of drug-likeness (QED) is 0.529. The number of aromatic nitrogens is 2. The Morgan fingerprint density at radius 1 is 1.03 bits per heavy atom. The lowest BCUT2D eigenvalue weighted by molar-refractivity contribution is 0.123. The lowest BCUT2D eigenvalue weighted by Gasteiger charge is -2.32. The number of nitrogens with one attached hydrogen (secondary N) is 1. The van der Waals surface area contributed by atoms with Crippen LogP contribution in [0, 0.1) is 5.92 Å². The van der Waals surface area contributed by atoms with E-state index in [-0.39, 0.29) is 17.8 Å². The SMILES string of the molecule is O=C(NCC1CCN(CCC(O)c2ccc(Cl)cc2)CC1)n1c(=O)n(C2CC2)c2ccccc21. The molecule has 0 spiro atoms. The van der Waals surface area contributed by atoms with Gasteiger partial charge >= 0.3 is 11.7 Å². The minimum absolute atomic E-state index is 0.217. The second kappa shape index (κ2) is 9.94. The summed E-state index contributed by atoms with van der Waals surface area (Å²) < 4.78 is 3.06. The van der Waals surface area contributed by atoms with Gasteiger partial charge in [-0.1, -0.05) is 35.9 Å². The molecule has 1 amide bonds. The van der Waals surface area contributed by atoms with Crippen LogP contribution in [0.4, 0.5) is 4.79 Å². The molecular formula is C26H31ClN4O3. The van der Waals surface area contributed by atoms with E-state index in [1.54, 1.807) is 16.7 Å². The number of aliphatic hydroxyl groups is 1. The fraction of sp³-hybridized carbons (Fsp3) is 0.462. The maximum absolute atomic E-state index is 13.0. The van der Waals surface area contributed by atoms with Gasteiger partial charge in [-0.25, -0.2) is 14.2 Å². The first kappa shape index (κ1) is 23.1. The molecular weight excluding hydrogens is 452 g/mol. The Balaban J connectivity index is 1.12. The maximum Gasteiger partial charge on any atom is 0.337 e. The summed E-state index contributed by atoms with van der Waals surface area (Å²) in [7, 11) is 0. The zero-order valence-electron chi connectivity index (χ0n) is 19.2. The summed E-state index contributed by atoms with van der Waals surface area (Å²) in [5.41, 5.74) is 2.15. The van der Waals surface area contributed by atoms with Crippen LogP contribution in [-0.4, -0.2) is 51.4 Å². The first-order valence-electron chi connectivity index (χ1n) is 12.2. The van der Waals surface area contributed by atoms with Crippen LogP contribution in [0.5, 0.6) is 0 Å². The zero-order chi connectivity index (χ0) is 23.7. The van der Waals surface area contributed by atoms with Crippen molar-refractivity contribution in [2.75, 3.05) is 26.2 Å². The number of halogens is 1. The number of aliphatic hydroxyl groups excluding tert-OH is 1. The standard InChI is InChI=1S/C26H31ClN4O3/c27-20-7-5-19(6-8-20)24(32)13-16-29-14-11-18(12-15-29)17-28-25(33)31-23-4-2-1-3-22(23)30(26(31)34)21-9-10-21/h1-8,18,21,24,32H,9-17H2,(H,28,33). The van der Waals surface area contributed by atoms with Gasteiger partial charge in [-0.2, -0.15) is 0 Å². The van der Waals surface area contributed by atoms with Gasteiger partial charge in [0.25, 0.3) is 0 Å². The van der Waals surface area contributed by atoms with Crippen molar-refractivity contribution >= 4 is 28.7 Å². The number of amides is 1. The van der Waals surface area contributed by atoms with Crippen molar-refractivity contribution in [2.24, 2.45) is 5.92 Å². The first-order chi connectivity index (χ1) is 16.5. The normalized spacial score (nSPS) is 18.3. The van der Waals surface area contributed by atoms with Crippen LogP contribution in [0.2, 0.25) is 5.02 Å². The van der Waals surface area contributed by atoms with E-state index in [1.807, 2.05) is 36.4 Å². The van der Waals surface area contributed by atoms with Crippen LogP contribution in [0.1, 0.15) is 49.8 Å². The number of carbonyl (C=O) groups excluding carboxylic acids is 1. The van der Waals surface area contributed by atoms with Crippen LogP contribution in [-0.2, 0) is 0 Å². The highest BCUT2D eigenvalue weighted by atomic mass is 35.5.